The molecule has 1 aromatic heterocycles. The summed E-state index contributed by atoms with van der Waals surface area (Å²) in [5.41, 5.74) is 4.24. The van der Waals surface area contributed by atoms with Crippen LogP contribution >= 0.6 is 0 Å². The normalized spacial score (nSPS) is 10.9. The Morgan fingerprint density at radius 3 is 2.80 bits per heavy atom. The lowest BCUT2D eigenvalue weighted by molar-refractivity contribution is 0.315. The van der Waals surface area contributed by atoms with E-state index in [1.807, 2.05) is 24.3 Å². The van der Waals surface area contributed by atoms with Crippen molar-refractivity contribution in [2.45, 2.75) is 20.3 Å². The van der Waals surface area contributed by atoms with Crippen LogP contribution < -0.4 is 4.74 Å². The van der Waals surface area contributed by atoms with Crippen LogP contribution in [0.5, 0.6) is 5.75 Å². The highest BCUT2D eigenvalue weighted by Gasteiger charge is 2.07. The summed E-state index contributed by atoms with van der Waals surface area (Å²) in [6, 6.07) is 14.3. The van der Waals surface area contributed by atoms with Crippen LogP contribution in [0.1, 0.15) is 18.9 Å². The summed E-state index contributed by atoms with van der Waals surface area (Å²) in [6.45, 7) is 4.91. The molecule has 3 aromatic rings. The van der Waals surface area contributed by atoms with Crippen molar-refractivity contribution in [2.75, 3.05) is 6.61 Å². The largest absolute Gasteiger partial charge is 0.493 e. The second-order valence-electron chi connectivity index (χ2n) is 4.93. The molecule has 0 aliphatic carbocycles. The molecule has 0 saturated heterocycles. The number of aromatic amines is 1. The fourth-order valence-electron chi connectivity index (χ4n) is 2.20. The van der Waals surface area contributed by atoms with E-state index in [0.29, 0.717) is 0 Å². The van der Waals surface area contributed by atoms with Gasteiger partial charge >= 0.3 is 0 Å². The molecule has 0 fully saturated rings. The number of para-hydroxylation sites is 2. The monoisotopic (exact) mass is 266 g/mol. The minimum absolute atomic E-state index is 0.740. The number of aromatic nitrogens is 2. The molecule has 3 heteroatoms. The van der Waals surface area contributed by atoms with Gasteiger partial charge in [0.15, 0.2) is 0 Å². The molecule has 0 aliphatic rings. The third-order valence-corrected chi connectivity index (χ3v) is 3.31. The molecule has 0 atom stereocenters. The topological polar surface area (TPSA) is 37.9 Å². The van der Waals surface area contributed by atoms with E-state index in [1.54, 1.807) is 0 Å². The number of nitrogens with one attached hydrogen (secondary N) is 1. The van der Waals surface area contributed by atoms with Gasteiger partial charge in [0.2, 0.25) is 0 Å². The second kappa shape index (κ2) is 5.37. The summed E-state index contributed by atoms with van der Waals surface area (Å²) in [5, 5.41) is 0. The van der Waals surface area contributed by atoms with Gasteiger partial charge in [0.25, 0.3) is 0 Å². The van der Waals surface area contributed by atoms with Crippen molar-refractivity contribution in [1.82, 2.24) is 9.97 Å². The SMILES string of the molecule is CCCOc1cc(-c2nc3ccccc3[nH]2)ccc1C. The fourth-order valence-corrected chi connectivity index (χ4v) is 2.20. The molecule has 3 nitrogen and oxygen atoms in total. The average molecular weight is 266 g/mol. The van der Waals surface area contributed by atoms with E-state index >= 15 is 0 Å². The second-order valence-corrected chi connectivity index (χ2v) is 4.93. The molecule has 1 heterocycles. The van der Waals surface area contributed by atoms with E-state index in [1.165, 1.54) is 0 Å². The molecule has 0 bridgehead atoms. The summed E-state index contributed by atoms with van der Waals surface area (Å²) in [7, 11) is 0. The number of benzene rings is 2. The summed E-state index contributed by atoms with van der Waals surface area (Å²) in [4.78, 5) is 7.97. The summed E-state index contributed by atoms with van der Waals surface area (Å²) >= 11 is 0. The van der Waals surface area contributed by atoms with Crippen molar-refractivity contribution in [1.29, 1.82) is 0 Å². The minimum atomic E-state index is 0.740. The third kappa shape index (κ3) is 2.39. The van der Waals surface area contributed by atoms with Crippen molar-refractivity contribution in [3.05, 3.63) is 48.0 Å². The fraction of sp³-hybridized carbons (Fsp3) is 0.235. The number of nitrogens with zero attached hydrogens (tertiary/aromatic N) is 1. The van der Waals surface area contributed by atoms with E-state index in [4.69, 9.17) is 4.74 Å². The predicted molar refractivity (Wildman–Crippen MR) is 82.1 cm³/mol. The van der Waals surface area contributed by atoms with Crippen molar-refractivity contribution < 1.29 is 4.74 Å². The Labute approximate surface area is 118 Å². The smallest absolute Gasteiger partial charge is 0.138 e. The minimum Gasteiger partial charge on any atom is -0.493 e. The van der Waals surface area contributed by atoms with Crippen LogP contribution in [0.15, 0.2) is 42.5 Å². The van der Waals surface area contributed by atoms with E-state index in [9.17, 15) is 0 Å². The summed E-state index contributed by atoms with van der Waals surface area (Å²) < 4.78 is 5.78. The average Bonchev–Trinajstić information content (AvgIpc) is 2.90. The lowest BCUT2D eigenvalue weighted by Gasteiger charge is -2.09. The first kappa shape index (κ1) is 12.7. The lowest BCUT2D eigenvalue weighted by Crippen LogP contribution is -1.97. The Morgan fingerprint density at radius 1 is 1.15 bits per heavy atom. The molecule has 3 rings (SSSR count). The Balaban J connectivity index is 2.00. The Hall–Kier alpha value is -2.29. The summed E-state index contributed by atoms with van der Waals surface area (Å²) in [6.07, 6.45) is 1.01. The first-order valence-corrected chi connectivity index (χ1v) is 6.96. The first-order chi connectivity index (χ1) is 9.78. The molecular weight excluding hydrogens is 248 g/mol. The van der Waals surface area contributed by atoms with Gasteiger partial charge in [0, 0.05) is 5.56 Å². The molecule has 0 saturated carbocycles. The molecule has 20 heavy (non-hydrogen) atoms. The van der Waals surface area contributed by atoms with Crippen LogP contribution in [0.4, 0.5) is 0 Å². The van der Waals surface area contributed by atoms with Crippen LogP contribution in [0.2, 0.25) is 0 Å². The van der Waals surface area contributed by atoms with Crippen LogP contribution in [0.3, 0.4) is 0 Å². The number of hydrogen-bond donors (Lipinski definition) is 1. The van der Waals surface area contributed by atoms with Crippen LogP contribution in [0.25, 0.3) is 22.4 Å². The first-order valence-electron chi connectivity index (χ1n) is 6.96. The van der Waals surface area contributed by atoms with Crippen molar-refractivity contribution >= 4 is 11.0 Å². The van der Waals surface area contributed by atoms with Gasteiger partial charge in [-0.1, -0.05) is 31.2 Å². The van der Waals surface area contributed by atoms with Gasteiger partial charge in [-0.15, -0.1) is 0 Å². The highest BCUT2D eigenvalue weighted by Crippen LogP contribution is 2.27. The number of aryl methyl sites for hydroxylation is 1. The summed E-state index contributed by atoms with van der Waals surface area (Å²) in [5.74, 6) is 1.82. The van der Waals surface area contributed by atoms with Crippen molar-refractivity contribution in [3.63, 3.8) is 0 Å². The van der Waals surface area contributed by atoms with Crippen molar-refractivity contribution in [3.8, 4) is 17.1 Å². The zero-order chi connectivity index (χ0) is 13.9. The number of hydrogen-bond acceptors (Lipinski definition) is 2. The van der Waals surface area contributed by atoms with E-state index < -0.39 is 0 Å². The van der Waals surface area contributed by atoms with Crippen LogP contribution in [0, 0.1) is 6.92 Å². The molecule has 0 radical (unpaired) electrons. The Morgan fingerprint density at radius 2 is 2.00 bits per heavy atom. The number of imidazole rings is 1. The number of H-pyrrole nitrogens is 1. The molecule has 2 aromatic carbocycles. The van der Waals surface area contributed by atoms with Gasteiger partial charge in [-0.25, -0.2) is 4.98 Å². The maximum Gasteiger partial charge on any atom is 0.138 e. The lowest BCUT2D eigenvalue weighted by atomic mass is 10.1. The highest BCUT2D eigenvalue weighted by molar-refractivity contribution is 5.79. The molecule has 0 amide bonds. The van der Waals surface area contributed by atoms with Crippen LogP contribution in [-0.2, 0) is 0 Å². The maximum atomic E-state index is 5.78. The number of ether oxygens (including phenoxy) is 1. The molecule has 102 valence electrons. The maximum absolute atomic E-state index is 5.78. The molecular formula is C17H18N2O. The highest BCUT2D eigenvalue weighted by atomic mass is 16.5. The van der Waals surface area contributed by atoms with Gasteiger partial charge in [0.1, 0.15) is 11.6 Å². The standard InChI is InChI=1S/C17H18N2O/c1-3-10-20-16-11-13(9-8-12(16)2)17-18-14-6-4-5-7-15(14)19-17/h4-9,11H,3,10H2,1-2H3,(H,18,19). The third-order valence-electron chi connectivity index (χ3n) is 3.31. The Bertz CT molecular complexity index is 698. The Kier molecular flexibility index (Phi) is 3.42. The van der Waals surface area contributed by atoms with E-state index in [-0.39, 0.29) is 0 Å². The predicted octanol–water partition coefficient (Wildman–Crippen LogP) is 4.33. The zero-order valence-corrected chi connectivity index (χ0v) is 11.8. The number of fused-ring (bicyclic) bond motifs is 1. The molecule has 0 aliphatic heterocycles. The van der Waals surface area contributed by atoms with Crippen LogP contribution in [-0.4, -0.2) is 16.6 Å². The van der Waals surface area contributed by atoms with Gasteiger partial charge in [-0.2, -0.15) is 0 Å². The van der Waals surface area contributed by atoms with Crippen molar-refractivity contribution in [2.24, 2.45) is 0 Å². The van der Waals surface area contributed by atoms with E-state index in [0.717, 1.165) is 46.8 Å². The molecule has 0 unspecified atom stereocenters. The van der Waals surface area contributed by atoms with Gasteiger partial charge in [-0.05, 0) is 37.1 Å². The van der Waals surface area contributed by atoms with Gasteiger partial charge in [-0.3, -0.25) is 0 Å². The van der Waals surface area contributed by atoms with Gasteiger partial charge < -0.3 is 9.72 Å². The number of rotatable bonds is 4. The molecule has 1 N–H and O–H groups in total. The quantitative estimate of drug-likeness (QED) is 0.763. The van der Waals surface area contributed by atoms with E-state index in [2.05, 4.69) is 42.0 Å². The van der Waals surface area contributed by atoms with Gasteiger partial charge in [0.05, 0.1) is 17.6 Å². The molecule has 0 spiro atoms. The zero-order valence-electron chi connectivity index (χ0n) is 11.8.